The summed E-state index contributed by atoms with van der Waals surface area (Å²) >= 11 is 0. The van der Waals surface area contributed by atoms with E-state index in [9.17, 15) is 4.79 Å². The Balaban J connectivity index is 1.74. The summed E-state index contributed by atoms with van der Waals surface area (Å²) in [7, 11) is 1.44. The van der Waals surface area contributed by atoms with E-state index in [1.54, 1.807) is 0 Å². The number of anilines is 1. The molecule has 0 saturated carbocycles. The number of ether oxygens (including phenoxy) is 1. The molecule has 262 valence electrons. The maximum absolute atomic E-state index is 11.8. The number of nitrogens with zero attached hydrogens (tertiary/aromatic N) is 6. The predicted octanol–water partition coefficient (Wildman–Crippen LogP) is 9.44. The van der Waals surface area contributed by atoms with E-state index < -0.39 is 0 Å². The lowest BCUT2D eigenvalue weighted by molar-refractivity contribution is -0.140. The molecule has 1 atom stereocenters. The molecule has 0 bridgehead atoms. The Morgan fingerprint density at radius 3 is 2.18 bits per heavy atom. The fourth-order valence-electron chi connectivity index (χ4n) is 6.14. The van der Waals surface area contributed by atoms with Crippen LogP contribution >= 0.6 is 0 Å². The van der Waals surface area contributed by atoms with Gasteiger partial charge in [-0.05, 0) is 54.3 Å². The lowest BCUT2D eigenvalue weighted by Gasteiger charge is -2.30. The van der Waals surface area contributed by atoms with Gasteiger partial charge < -0.3 is 14.1 Å². The Morgan fingerprint density at radius 2 is 1.54 bits per heavy atom. The maximum atomic E-state index is 11.8. The van der Waals surface area contributed by atoms with Crippen molar-refractivity contribution in [3.63, 3.8) is 0 Å². The van der Waals surface area contributed by atoms with Crippen LogP contribution in [0.5, 0.6) is 0 Å². The third-order valence-electron chi connectivity index (χ3n) is 8.72. The third kappa shape index (κ3) is 12.8. The molecule has 0 amide bonds. The zero-order chi connectivity index (χ0) is 35.2. The van der Waals surface area contributed by atoms with Gasteiger partial charge in [-0.2, -0.15) is 0 Å². The van der Waals surface area contributed by atoms with E-state index >= 15 is 0 Å². The van der Waals surface area contributed by atoms with E-state index in [-0.39, 0.29) is 12.0 Å². The van der Waals surface area contributed by atoms with E-state index in [0.29, 0.717) is 38.2 Å². The zero-order valence-electron chi connectivity index (χ0n) is 29.3. The van der Waals surface area contributed by atoms with Gasteiger partial charge in [0.1, 0.15) is 5.69 Å². The molecule has 0 N–H and O–H groups in total. The fourth-order valence-corrected chi connectivity index (χ4v) is 6.14. The third-order valence-corrected chi connectivity index (χ3v) is 8.72. The highest BCUT2D eigenvalue weighted by atomic mass is 16.5. The van der Waals surface area contributed by atoms with Gasteiger partial charge in [0, 0.05) is 56.9 Å². The van der Waals surface area contributed by atoms with Crippen molar-refractivity contribution < 1.29 is 13.9 Å². The Kier molecular flexibility index (Phi) is 16.5. The maximum Gasteiger partial charge on any atom is 0.305 e. The summed E-state index contributed by atoms with van der Waals surface area (Å²) in [6.07, 6.45) is 13.3. The average molecular weight is 675 g/mol. The van der Waals surface area contributed by atoms with Crippen LogP contribution in [-0.2, 0) is 29.0 Å². The van der Waals surface area contributed by atoms with Crippen LogP contribution in [0.25, 0.3) is 10.4 Å². The molecule has 0 aliphatic rings. The highest BCUT2D eigenvalue weighted by Gasteiger charge is 2.29. The number of unbranched alkanes of at least 4 members (excludes halogenated alkanes) is 4. The number of rotatable bonds is 23. The number of azide groups is 1. The summed E-state index contributed by atoms with van der Waals surface area (Å²) < 4.78 is 11.8. The molecule has 1 heterocycles. The molecule has 9 nitrogen and oxygen atoms in total. The van der Waals surface area contributed by atoms with Gasteiger partial charge in [-0.1, -0.05) is 109 Å². The second-order valence-corrected chi connectivity index (χ2v) is 12.5. The first-order valence-electron chi connectivity index (χ1n) is 17.7. The minimum atomic E-state index is -0.178. The first-order valence-corrected chi connectivity index (χ1v) is 17.7. The Bertz CT molecular complexity index is 1630. The summed E-state index contributed by atoms with van der Waals surface area (Å²) in [5.41, 5.74) is 13.2. The van der Waals surface area contributed by atoms with Crippen molar-refractivity contribution in [3.05, 3.63) is 130 Å². The van der Waals surface area contributed by atoms with Gasteiger partial charge in [0.05, 0.1) is 13.2 Å². The number of carbonyl (C=O) groups is 1. The van der Waals surface area contributed by atoms with Crippen molar-refractivity contribution in [2.24, 2.45) is 5.11 Å². The van der Waals surface area contributed by atoms with Crippen molar-refractivity contribution in [1.29, 1.82) is 0 Å². The van der Waals surface area contributed by atoms with Crippen molar-refractivity contribution in [2.45, 2.75) is 83.3 Å². The zero-order valence-corrected chi connectivity index (χ0v) is 29.3. The molecule has 4 rings (SSSR count). The summed E-state index contributed by atoms with van der Waals surface area (Å²) in [5, 5.41) is 3.75. The molecule has 0 radical (unpaired) electrons. The van der Waals surface area contributed by atoms with Crippen LogP contribution in [0, 0.1) is 12.3 Å². The number of oxazole rings is 1. The van der Waals surface area contributed by atoms with Gasteiger partial charge in [-0.25, -0.2) is 4.98 Å². The molecular weight excluding hydrogens is 624 g/mol. The second-order valence-electron chi connectivity index (χ2n) is 12.5. The Labute approximate surface area is 297 Å². The van der Waals surface area contributed by atoms with E-state index in [2.05, 4.69) is 98.5 Å². The summed E-state index contributed by atoms with van der Waals surface area (Å²) in [4.78, 5) is 24.8. The van der Waals surface area contributed by atoms with Crippen molar-refractivity contribution >= 4 is 11.9 Å². The number of terminal acetylenes is 1. The summed E-state index contributed by atoms with van der Waals surface area (Å²) in [5.74, 6) is 4.10. The smallest absolute Gasteiger partial charge is 0.305 e. The standard InChI is InChI=1S/C41H50N6O3/c1-3-4-18-29-46(32-35-22-11-6-12-23-35)38(26-15-8-16-27-39(48)49-2)40-44-37(31-34-20-9-5-10-21-34)41(50-40)47(30-19-17-28-43-45-42)33-36-24-13-7-14-25-36/h1,5-7,9-14,20-25,38H,4,8,15-19,26-33H2,2H3. The highest BCUT2D eigenvalue weighted by Crippen LogP contribution is 2.35. The molecule has 1 aromatic heterocycles. The van der Waals surface area contributed by atoms with Crippen LogP contribution in [0.4, 0.5) is 5.88 Å². The SMILES string of the molecule is C#CCCCN(Cc1ccccc1)C(CCCCCC(=O)OC)c1nc(Cc2ccccc2)c(N(CCCCN=[N+]=[N-])Cc2ccccc2)o1. The van der Waals surface area contributed by atoms with Gasteiger partial charge in [0.25, 0.3) is 0 Å². The number of hydrogen-bond donors (Lipinski definition) is 0. The lowest BCUT2D eigenvalue weighted by Crippen LogP contribution is -2.30. The molecule has 0 fully saturated rings. The van der Waals surface area contributed by atoms with Gasteiger partial charge in [0.2, 0.25) is 11.8 Å². The van der Waals surface area contributed by atoms with Crippen LogP contribution in [-0.4, -0.2) is 42.6 Å². The monoisotopic (exact) mass is 674 g/mol. The first kappa shape index (κ1) is 37.8. The van der Waals surface area contributed by atoms with Crippen LogP contribution < -0.4 is 4.90 Å². The topological polar surface area (TPSA) is 108 Å². The molecule has 0 aliphatic heterocycles. The van der Waals surface area contributed by atoms with Crippen LogP contribution in [0.2, 0.25) is 0 Å². The van der Waals surface area contributed by atoms with Crippen molar-refractivity contribution in [2.75, 3.05) is 31.6 Å². The van der Waals surface area contributed by atoms with Gasteiger partial charge in [-0.15, -0.1) is 12.3 Å². The highest BCUT2D eigenvalue weighted by molar-refractivity contribution is 5.68. The number of methoxy groups -OCH3 is 1. The number of hydrogen-bond acceptors (Lipinski definition) is 7. The molecule has 3 aromatic carbocycles. The average Bonchev–Trinajstić information content (AvgIpc) is 3.56. The Hall–Kier alpha value is -5.03. The van der Waals surface area contributed by atoms with Crippen LogP contribution in [0.3, 0.4) is 0 Å². The normalized spacial score (nSPS) is 11.5. The number of esters is 1. The van der Waals surface area contributed by atoms with Crippen LogP contribution in [0.1, 0.15) is 92.1 Å². The largest absolute Gasteiger partial charge is 0.469 e. The molecule has 9 heteroatoms. The minimum absolute atomic E-state index is 0.0991. The summed E-state index contributed by atoms with van der Waals surface area (Å²) in [6.45, 7) is 3.37. The van der Waals surface area contributed by atoms with E-state index in [1.807, 2.05) is 18.2 Å². The lowest BCUT2D eigenvalue weighted by atomic mass is 10.0. The minimum Gasteiger partial charge on any atom is -0.469 e. The number of benzene rings is 3. The van der Waals surface area contributed by atoms with Gasteiger partial charge >= 0.3 is 5.97 Å². The molecule has 50 heavy (non-hydrogen) atoms. The van der Waals surface area contributed by atoms with E-state index in [0.717, 1.165) is 81.7 Å². The molecule has 4 aromatic rings. The molecular formula is C41H50N6O3. The first-order chi connectivity index (χ1) is 24.6. The fraction of sp³-hybridized carbons (Fsp3) is 0.415. The van der Waals surface area contributed by atoms with Crippen molar-refractivity contribution in [1.82, 2.24) is 9.88 Å². The van der Waals surface area contributed by atoms with Crippen LogP contribution in [0.15, 0.2) is 101 Å². The molecule has 1 unspecified atom stereocenters. The van der Waals surface area contributed by atoms with E-state index in [4.69, 9.17) is 26.1 Å². The van der Waals surface area contributed by atoms with E-state index in [1.165, 1.54) is 18.2 Å². The van der Waals surface area contributed by atoms with Gasteiger partial charge in [-0.3, -0.25) is 9.69 Å². The van der Waals surface area contributed by atoms with Crippen molar-refractivity contribution in [3.8, 4) is 12.3 Å². The van der Waals surface area contributed by atoms with Gasteiger partial charge in [0.15, 0.2) is 0 Å². The number of aromatic nitrogens is 1. The molecule has 0 spiro atoms. The quantitative estimate of drug-likeness (QED) is 0.0194. The molecule has 0 aliphatic carbocycles. The predicted molar refractivity (Wildman–Crippen MR) is 199 cm³/mol. The molecule has 0 saturated heterocycles. The summed E-state index contributed by atoms with van der Waals surface area (Å²) in [6, 6.07) is 31.2. The Morgan fingerprint density at radius 1 is 0.880 bits per heavy atom. The second kappa shape index (κ2) is 21.8. The number of carbonyl (C=O) groups excluding carboxylic acids is 1.